The van der Waals surface area contributed by atoms with E-state index in [1.165, 1.54) is 12.0 Å². The predicted molar refractivity (Wildman–Crippen MR) is 124 cm³/mol. The van der Waals surface area contributed by atoms with Crippen LogP contribution in [-0.2, 0) is 14.5 Å². The van der Waals surface area contributed by atoms with E-state index in [4.69, 9.17) is 19.2 Å². The van der Waals surface area contributed by atoms with E-state index in [1.807, 2.05) is 6.08 Å². The average molecular weight is 432 g/mol. The minimum atomic E-state index is -0.190. The van der Waals surface area contributed by atoms with Crippen molar-refractivity contribution in [3.63, 3.8) is 0 Å². The first-order valence-corrected chi connectivity index (χ1v) is 12.2. The summed E-state index contributed by atoms with van der Waals surface area (Å²) in [6.07, 6.45) is 9.16. The summed E-state index contributed by atoms with van der Waals surface area (Å²) in [5.41, 5.74) is 1.19. The third kappa shape index (κ3) is 7.31. The molecule has 0 radical (unpaired) electrons. The second-order valence-electron chi connectivity index (χ2n) is 8.94. The lowest BCUT2D eigenvalue weighted by atomic mass is 9.74. The molecule has 2 fully saturated rings. The summed E-state index contributed by atoms with van der Waals surface area (Å²) in [6.45, 7) is 13.5. The van der Waals surface area contributed by atoms with Gasteiger partial charge in [-0.15, -0.1) is 6.58 Å². The summed E-state index contributed by atoms with van der Waals surface area (Å²) in [7, 11) is 0. The summed E-state index contributed by atoms with van der Waals surface area (Å²) in [6, 6.07) is 8.69. The van der Waals surface area contributed by atoms with E-state index >= 15 is 0 Å². The van der Waals surface area contributed by atoms with Crippen LogP contribution in [-0.4, -0.2) is 56.1 Å². The first-order chi connectivity index (χ1) is 15.2. The van der Waals surface area contributed by atoms with Crippen molar-refractivity contribution in [2.75, 3.05) is 39.5 Å². The smallest absolute Gasteiger partial charge is 0.119 e. The molecule has 1 aliphatic heterocycles. The van der Waals surface area contributed by atoms with Gasteiger partial charge in [-0.1, -0.05) is 32.1 Å². The van der Waals surface area contributed by atoms with Crippen molar-refractivity contribution in [2.24, 2.45) is 0 Å². The molecule has 1 aliphatic carbocycles. The zero-order chi connectivity index (χ0) is 21.9. The van der Waals surface area contributed by atoms with Gasteiger partial charge < -0.3 is 9.47 Å². The van der Waals surface area contributed by atoms with Crippen LogP contribution in [0.1, 0.15) is 70.3 Å². The van der Waals surface area contributed by atoms with Crippen molar-refractivity contribution >= 4 is 0 Å². The van der Waals surface area contributed by atoms with Crippen LogP contribution in [0.15, 0.2) is 36.9 Å². The highest BCUT2D eigenvalue weighted by Crippen LogP contribution is 2.43. The highest BCUT2D eigenvalue weighted by molar-refractivity contribution is 5.30. The Labute approximate surface area is 188 Å². The molecule has 174 valence electrons. The first-order valence-electron chi connectivity index (χ1n) is 12.2. The fourth-order valence-corrected chi connectivity index (χ4v) is 4.65. The van der Waals surface area contributed by atoms with E-state index < -0.39 is 0 Å². The number of benzene rings is 1. The fourth-order valence-electron chi connectivity index (χ4n) is 4.65. The van der Waals surface area contributed by atoms with E-state index in [0.29, 0.717) is 5.92 Å². The summed E-state index contributed by atoms with van der Waals surface area (Å²) < 4.78 is 11.4. The molecule has 0 amide bonds. The van der Waals surface area contributed by atoms with Crippen molar-refractivity contribution in [1.82, 2.24) is 4.90 Å². The van der Waals surface area contributed by atoms with Crippen LogP contribution in [0, 0.1) is 0 Å². The summed E-state index contributed by atoms with van der Waals surface area (Å²) in [4.78, 5) is 14.4. The molecular weight excluding hydrogens is 390 g/mol. The third-order valence-electron chi connectivity index (χ3n) is 6.83. The van der Waals surface area contributed by atoms with E-state index in [-0.39, 0.29) is 11.7 Å². The molecule has 1 aromatic carbocycles. The first kappa shape index (κ1) is 24.2. The standard InChI is InChI=1S/C26H41NO4/c1-4-8-24(5-2)30-31-26(6-3)14-7-9-23(21-26)22-10-12-25(13-11-22)29-20-17-27-15-18-28-19-16-27/h4,10-13,23-24H,1,5-9,14-21H2,2-3H3/t23-,24?,26-/m1/s1. The quantitative estimate of drug-likeness (QED) is 0.248. The van der Waals surface area contributed by atoms with Crippen LogP contribution >= 0.6 is 0 Å². The zero-order valence-corrected chi connectivity index (χ0v) is 19.5. The van der Waals surface area contributed by atoms with E-state index in [0.717, 1.165) is 83.7 Å². The van der Waals surface area contributed by atoms with Gasteiger partial charge in [-0.05, 0) is 68.6 Å². The number of ether oxygens (including phenoxy) is 2. The lowest BCUT2D eigenvalue weighted by molar-refractivity contribution is -0.391. The lowest BCUT2D eigenvalue weighted by Gasteiger charge is -2.40. The van der Waals surface area contributed by atoms with Gasteiger partial charge in [0.15, 0.2) is 0 Å². The molecule has 0 aromatic heterocycles. The highest BCUT2D eigenvalue weighted by Gasteiger charge is 2.38. The molecule has 5 heteroatoms. The Hall–Kier alpha value is -1.40. The van der Waals surface area contributed by atoms with Gasteiger partial charge in [0.2, 0.25) is 0 Å². The van der Waals surface area contributed by atoms with Crippen molar-refractivity contribution in [2.45, 2.75) is 76.4 Å². The SMILES string of the molecule is C=CCC(CC)OO[C@]1(CC)CCC[C@@H](c2ccc(OCCN3CCOCC3)cc2)C1. The third-order valence-corrected chi connectivity index (χ3v) is 6.83. The summed E-state index contributed by atoms with van der Waals surface area (Å²) >= 11 is 0. The van der Waals surface area contributed by atoms with Crippen LogP contribution in [0.3, 0.4) is 0 Å². The fraction of sp³-hybridized carbons (Fsp3) is 0.692. The van der Waals surface area contributed by atoms with Gasteiger partial charge in [-0.3, -0.25) is 4.90 Å². The molecule has 0 bridgehead atoms. The zero-order valence-electron chi connectivity index (χ0n) is 19.5. The molecule has 0 N–H and O–H groups in total. The Morgan fingerprint density at radius 1 is 1.23 bits per heavy atom. The topological polar surface area (TPSA) is 40.2 Å². The Balaban J connectivity index is 1.50. The van der Waals surface area contributed by atoms with Crippen LogP contribution < -0.4 is 4.74 Å². The number of rotatable bonds is 12. The molecule has 2 aliphatic rings. The molecule has 3 atom stereocenters. The summed E-state index contributed by atoms with van der Waals surface area (Å²) in [5.74, 6) is 1.45. The minimum Gasteiger partial charge on any atom is -0.492 e. The van der Waals surface area contributed by atoms with Crippen LogP contribution in [0.2, 0.25) is 0 Å². The maximum atomic E-state index is 6.13. The molecule has 1 saturated heterocycles. The molecule has 1 unspecified atom stereocenters. The van der Waals surface area contributed by atoms with Gasteiger partial charge in [-0.2, -0.15) is 0 Å². The Kier molecular flexibility index (Phi) is 9.85. The normalized spacial score (nSPS) is 25.8. The number of nitrogens with zero attached hydrogens (tertiary/aromatic N) is 1. The molecule has 5 nitrogen and oxygen atoms in total. The minimum absolute atomic E-state index is 0.0928. The van der Waals surface area contributed by atoms with Crippen molar-refractivity contribution in [1.29, 1.82) is 0 Å². The maximum absolute atomic E-state index is 6.13. The van der Waals surface area contributed by atoms with Crippen LogP contribution in [0.25, 0.3) is 0 Å². The molecule has 1 aromatic rings. The van der Waals surface area contributed by atoms with Gasteiger partial charge in [0, 0.05) is 19.6 Å². The Bertz CT molecular complexity index is 643. The number of hydrogen-bond donors (Lipinski definition) is 0. The maximum Gasteiger partial charge on any atom is 0.119 e. The van der Waals surface area contributed by atoms with Crippen molar-refractivity contribution in [3.05, 3.63) is 42.5 Å². The Morgan fingerprint density at radius 3 is 2.68 bits per heavy atom. The second kappa shape index (κ2) is 12.6. The molecule has 1 heterocycles. The van der Waals surface area contributed by atoms with Crippen LogP contribution in [0.4, 0.5) is 0 Å². The highest BCUT2D eigenvalue weighted by atomic mass is 17.2. The van der Waals surface area contributed by atoms with Gasteiger partial charge in [0.25, 0.3) is 0 Å². The molecule has 3 rings (SSSR count). The van der Waals surface area contributed by atoms with E-state index in [2.05, 4.69) is 49.6 Å². The van der Waals surface area contributed by atoms with Gasteiger partial charge in [0.05, 0.1) is 19.3 Å². The lowest BCUT2D eigenvalue weighted by Crippen LogP contribution is -2.38. The number of morpholine rings is 1. The Morgan fingerprint density at radius 2 is 2.00 bits per heavy atom. The average Bonchev–Trinajstić information content (AvgIpc) is 2.83. The van der Waals surface area contributed by atoms with E-state index in [9.17, 15) is 0 Å². The number of hydrogen-bond acceptors (Lipinski definition) is 5. The van der Waals surface area contributed by atoms with Gasteiger partial charge >= 0.3 is 0 Å². The molecular formula is C26H41NO4. The molecule has 0 spiro atoms. The van der Waals surface area contributed by atoms with Gasteiger partial charge in [0.1, 0.15) is 18.0 Å². The van der Waals surface area contributed by atoms with Crippen molar-refractivity contribution < 1.29 is 19.2 Å². The second-order valence-corrected chi connectivity index (χ2v) is 8.94. The van der Waals surface area contributed by atoms with E-state index in [1.54, 1.807) is 0 Å². The monoisotopic (exact) mass is 431 g/mol. The van der Waals surface area contributed by atoms with Crippen molar-refractivity contribution in [3.8, 4) is 5.75 Å². The van der Waals surface area contributed by atoms with Gasteiger partial charge in [-0.25, -0.2) is 9.78 Å². The largest absolute Gasteiger partial charge is 0.492 e. The summed E-state index contributed by atoms with van der Waals surface area (Å²) in [5, 5.41) is 0. The van der Waals surface area contributed by atoms with Crippen LogP contribution in [0.5, 0.6) is 5.75 Å². The molecule has 1 saturated carbocycles. The predicted octanol–water partition coefficient (Wildman–Crippen LogP) is 5.51. The molecule has 31 heavy (non-hydrogen) atoms.